The summed E-state index contributed by atoms with van der Waals surface area (Å²) in [6.07, 6.45) is 1.03. The van der Waals surface area contributed by atoms with Crippen LogP contribution in [0.25, 0.3) is 0 Å². The molecule has 0 unspecified atom stereocenters. The number of amides is 1. The first-order valence-electron chi connectivity index (χ1n) is 6.48. The maximum atomic E-state index is 13.7. The highest BCUT2D eigenvalue weighted by atomic mass is 19.2. The smallest absolute Gasteiger partial charge is 0.224 e. The molecule has 0 saturated carbocycles. The molecule has 4 nitrogen and oxygen atoms in total. The molecule has 0 saturated heterocycles. The number of carbonyl (C=O) groups excluding carboxylic acids is 1. The molecule has 1 aliphatic heterocycles. The van der Waals surface area contributed by atoms with E-state index in [0.29, 0.717) is 29.9 Å². The van der Waals surface area contributed by atoms with E-state index in [1.807, 2.05) is 0 Å². The van der Waals surface area contributed by atoms with Crippen LogP contribution in [-0.4, -0.2) is 5.91 Å². The van der Waals surface area contributed by atoms with Gasteiger partial charge >= 0.3 is 0 Å². The molecule has 0 aromatic heterocycles. The monoisotopic (exact) mass is 289 g/mol. The van der Waals surface area contributed by atoms with Gasteiger partial charge in [0.1, 0.15) is 0 Å². The number of anilines is 4. The van der Waals surface area contributed by atoms with E-state index in [1.54, 1.807) is 12.1 Å². The van der Waals surface area contributed by atoms with Crippen LogP contribution in [0.1, 0.15) is 12.0 Å². The van der Waals surface area contributed by atoms with E-state index in [2.05, 4.69) is 10.6 Å². The summed E-state index contributed by atoms with van der Waals surface area (Å²) in [5, 5.41) is 5.49. The summed E-state index contributed by atoms with van der Waals surface area (Å²) in [7, 11) is 0. The number of nitrogens with one attached hydrogen (secondary N) is 2. The zero-order valence-corrected chi connectivity index (χ0v) is 11.0. The molecule has 0 aliphatic carbocycles. The van der Waals surface area contributed by atoms with Gasteiger partial charge in [0, 0.05) is 12.1 Å². The van der Waals surface area contributed by atoms with Gasteiger partial charge in [-0.3, -0.25) is 4.79 Å². The summed E-state index contributed by atoms with van der Waals surface area (Å²) in [6.45, 7) is 0. The molecular formula is C15H13F2N3O. The lowest BCUT2D eigenvalue weighted by molar-refractivity contribution is -0.116. The second-order valence-corrected chi connectivity index (χ2v) is 4.87. The van der Waals surface area contributed by atoms with Gasteiger partial charge in [-0.1, -0.05) is 6.07 Å². The van der Waals surface area contributed by atoms with Crippen LogP contribution in [0.5, 0.6) is 0 Å². The number of nitrogens with two attached hydrogens (primary N) is 1. The molecule has 2 aromatic carbocycles. The van der Waals surface area contributed by atoms with Gasteiger partial charge in [0.25, 0.3) is 0 Å². The Morgan fingerprint density at radius 3 is 2.76 bits per heavy atom. The average Bonchev–Trinajstić information content (AvgIpc) is 2.45. The quantitative estimate of drug-likeness (QED) is 0.744. The second-order valence-electron chi connectivity index (χ2n) is 4.87. The third kappa shape index (κ3) is 2.52. The molecular weight excluding hydrogens is 276 g/mol. The Morgan fingerprint density at radius 2 is 1.95 bits per heavy atom. The SMILES string of the molecule is Nc1cc2c(cc1Nc1cccc(F)c1F)NC(=O)CC2. The van der Waals surface area contributed by atoms with Crippen molar-refractivity contribution in [2.75, 3.05) is 16.4 Å². The van der Waals surface area contributed by atoms with Crippen molar-refractivity contribution in [2.45, 2.75) is 12.8 Å². The normalized spacial score (nSPS) is 13.5. The Kier molecular flexibility index (Phi) is 3.21. The molecule has 21 heavy (non-hydrogen) atoms. The maximum Gasteiger partial charge on any atom is 0.224 e. The summed E-state index contributed by atoms with van der Waals surface area (Å²) < 4.78 is 26.9. The van der Waals surface area contributed by atoms with Crippen LogP contribution in [-0.2, 0) is 11.2 Å². The molecule has 2 aromatic rings. The van der Waals surface area contributed by atoms with Crippen LogP contribution in [0.15, 0.2) is 30.3 Å². The van der Waals surface area contributed by atoms with Crippen molar-refractivity contribution >= 4 is 28.7 Å². The van der Waals surface area contributed by atoms with Gasteiger partial charge in [0.15, 0.2) is 11.6 Å². The number of nitrogen functional groups attached to an aromatic ring is 1. The van der Waals surface area contributed by atoms with Gasteiger partial charge < -0.3 is 16.4 Å². The number of carbonyl (C=O) groups is 1. The van der Waals surface area contributed by atoms with Crippen LogP contribution in [0.4, 0.5) is 31.5 Å². The first-order valence-corrected chi connectivity index (χ1v) is 6.48. The summed E-state index contributed by atoms with van der Waals surface area (Å²) >= 11 is 0. The number of rotatable bonds is 2. The highest BCUT2D eigenvalue weighted by Gasteiger charge is 2.17. The van der Waals surface area contributed by atoms with E-state index >= 15 is 0 Å². The molecule has 1 aliphatic rings. The largest absolute Gasteiger partial charge is 0.397 e. The van der Waals surface area contributed by atoms with Gasteiger partial charge in [-0.25, -0.2) is 8.78 Å². The van der Waals surface area contributed by atoms with Gasteiger partial charge in [-0.05, 0) is 36.2 Å². The Labute approximate surface area is 120 Å². The third-order valence-corrected chi connectivity index (χ3v) is 3.39. The molecule has 0 bridgehead atoms. The minimum Gasteiger partial charge on any atom is -0.397 e. The molecule has 0 spiro atoms. The van der Waals surface area contributed by atoms with Crippen molar-refractivity contribution in [1.82, 2.24) is 0 Å². The van der Waals surface area contributed by atoms with Crippen molar-refractivity contribution in [3.8, 4) is 0 Å². The third-order valence-electron chi connectivity index (χ3n) is 3.39. The predicted molar refractivity (Wildman–Crippen MR) is 77.4 cm³/mol. The first-order chi connectivity index (χ1) is 10.0. The standard InChI is InChI=1S/C15H13F2N3O/c16-9-2-1-3-11(15(9)17)19-13-7-12-8(6-10(13)18)4-5-14(21)20-12/h1-3,6-7,19H,4-5,18H2,(H,20,21). The maximum absolute atomic E-state index is 13.7. The highest BCUT2D eigenvalue weighted by molar-refractivity contribution is 5.96. The summed E-state index contributed by atoms with van der Waals surface area (Å²) in [5.74, 6) is -1.99. The molecule has 4 N–H and O–H groups in total. The molecule has 0 fully saturated rings. The minimum absolute atomic E-state index is 0.0104. The van der Waals surface area contributed by atoms with Gasteiger partial charge in [-0.2, -0.15) is 0 Å². The number of halogens is 2. The van der Waals surface area contributed by atoms with Crippen LogP contribution < -0.4 is 16.4 Å². The molecule has 108 valence electrons. The number of benzene rings is 2. The summed E-state index contributed by atoms with van der Waals surface area (Å²) in [6, 6.07) is 7.21. The van der Waals surface area contributed by atoms with Crippen LogP contribution in [0.2, 0.25) is 0 Å². The van der Waals surface area contributed by atoms with Crippen LogP contribution >= 0.6 is 0 Å². The first kappa shape index (κ1) is 13.4. The molecule has 3 rings (SSSR count). The summed E-state index contributed by atoms with van der Waals surface area (Å²) in [5.41, 5.74) is 8.31. The van der Waals surface area contributed by atoms with Crippen LogP contribution in [0, 0.1) is 11.6 Å². The fourth-order valence-electron chi connectivity index (χ4n) is 2.30. The number of fused-ring (bicyclic) bond motifs is 1. The van der Waals surface area contributed by atoms with E-state index in [1.165, 1.54) is 12.1 Å². The van der Waals surface area contributed by atoms with E-state index < -0.39 is 11.6 Å². The Bertz CT molecular complexity index is 731. The molecule has 6 heteroatoms. The molecule has 0 atom stereocenters. The Hall–Kier alpha value is -2.63. The lowest BCUT2D eigenvalue weighted by Gasteiger charge is -2.20. The second kappa shape index (κ2) is 5.05. The average molecular weight is 289 g/mol. The van der Waals surface area contributed by atoms with Gasteiger partial charge in [0.05, 0.1) is 17.1 Å². The zero-order chi connectivity index (χ0) is 15.0. The highest BCUT2D eigenvalue weighted by Crippen LogP contribution is 2.33. The predicted octanol–water partition coefficient (Wildman–Crippen LogP) is 3.18. The molecule has 0 radical (unpaired) electrons. The zero-order valence-electron chi connectivity index (χ0n) is 11.0. The number of hydrogen-bond donors (Lipinski definition) is 3. The Morgan fingerprint density at radius 1 is 1.14 bits per heavy atom. The minimum atomic E-state index is -0.973. The van der Waals surface area contributed by atoms with Crippen molar-refractivity contribution < 1.29 is 13.6 Å². The van der Waals surface area contributed by atoms with Gasteiger partial charge in [-0.15, -0.1) is 0 Å². The fraction of sp³-hybridized carbons (Fsp3) is 0.133. The lowest BCUT2D eigenvalue weighted by atomic mass is 10.0. The molecule has 1 amide bonds. The number of hydrogen-bond acceptors (Lipinski definition) is 3. The van der Waals surface area contributed by atoms with Crippen molar-refractivity contribution in [3.63, 3.8) is 0 Å². The van der Waals surface area contributed by atoms with Crippen molar-refractivity contribution in [1.29, 1.82) is 0 Å². The van der Waals surface area contributed by atoms with E-state index in [9.17, 15) is 13.6 Å². The van der Waals surface area contributed by atoms with Crippen molar-refractivity contribution in [2.24, 2.45) is 0 Å². The van der Waals surface area contributed by atoms with E-state index in [-0.39, 0.29) is 11.6 Å². The van der Waals surface area contributed by atoms with Crippen molar-refractivity contribution in [3.05, 3.63) is 47.5 Å². The molecule has 1 heterocycles. The van der Waals surface area contributed by atoms with E-state index in [0.717, 1.165) is 11.6 Å². The topological polar surface area (TPSA) is 67.2 Å². The Balaban J connectivity index is 1.97. The van der Waals surface area contributed by atoms with E-state index in [4.69, 9.17) is 5.73 Å². The van der Waals surface area contributed by atoms with Crippen LogP contribution in [0.3, 0.4) is 0 Å². The summed E-state index contributed by atoms with van der Waals surface area (Å²) in [4.78, 5) is 11.4. The lowest BCUT2D eigenvalue weighted by Crippen LogP contribution is -2.19. The van der Waals surface area contributed by atoms with Gasteiger partial charge in [0.2, 0.25) is 5.91 Å². The fourth-order valence-corrected chi connectivity index (χ4v) is 2.30. The number of aryl methyl sites for hydroxylation is 1.